The Balaban J connectivity index is 2.12. The van der Waals surface area contributed by atoms with E-state index in [0.29, 0.717) is 0 Å². The van der Waals surface area contributed by atoms with Crippen molar-refractivity contribution < 1.29 is 9.05 Å². The van der Waals surface area contributed by atoms with Crippen LogP contribution in [0.15, 0.2) is 0 Å². The fourth-order valence-electron chi connectivity index (χ4n) is 0.482. The largest absolute Gasteiger partial charge is 0.334 e. The van der Waals surface area contributed by atoms with Gasteiger partial charge in [-0.3, -0.25) is 0 Å². The van der Waals surface area contributed by atoms with Gasteiger partial charge in [-0.2, -0.15) is 0 Å². The van der Waals surface area contributed by atoms with E-state index >= 15 is 0 Å². The first kappa shape index (κ1) is 5.49. The Bertz CT molecular complexity index is 51.7. The maximum Gasteiger partial charge on any atom is 0.167 e. The summed E-state index contributed by atoms with van der Waals surface area (Å²) >= 11 is 0. The molecule has 3 heteroatoms. The van der Waals surface area contributed by atoms with Crippen molar-refractivity contribution in [1.29, 1.82) is 0 Å². The van der Waals surface area contributed by atoms with Gasteiger partial charge in [0.1, 0.15) is 0 Å². The van der Waals surface area contributed by atoms with Crippen LogP contribution in [-0.4, -0.2) is 19.9 Å². The van der Waals surface area contributed by atoms with Gasteiger partial charge in [-0.25, -0.2) is 0 Å². The van der Waals surface area contributed by atoms with Crippen LogP contribution >= 0.6 is 8.38 Å². The predicted molar refractivity (Wildman–Crippen MR) is 29.4 cm³/mol. The lowest BCUT2D eigenvalue weighted by Gasteiger charge is -2.17. The summed E-state index contributed by atoms with van der Waals surface area (Å²) in [5.41, 5.74) is 0. The van der Waals surface area contributed by atoms with E-state index in [2.05, 4.69) is 0 Å². The molecule has 0 bridgehead atoms. The highest BCUT2D eigenvalue weighted by Gasteiger charge is 2.06. The highest BCUT2D eigenvalue weighted by molar-refractivity contribution is 7.46. The van der Waals surface area contributed by atoms with E-state index in [4.69, 9.17) is 9.05 Å². The minimum atomic E-state index is -0.492. The third-order valence-corrected chi connectivity index (χ3v) is 1.93. The van der Waals surface area contributed by atoms with Crippen molar-refractivity contribution >= 4 is 8.38 Å². The number of rotatable bonds is 0. The Hall–Kier alpha value is 0.350. The summed E-state index contributed by atoms with van der Waals surface area (Å²) in [7, 11) is -0.492. The third kappa shape index (κ3) is 1.72. The summed E-state index contributed by atoms with van der Waals surface area (Å²) in [4.78, 5) is 0. The van der Waals surface area contributed by atoms with Crippen molar-refractivity contribution in [2.45, 2.75) is 6.42 Å². The molecule has 0 radical (unpaired) electrons. The molecule has 42 valence electrons. The topological polar surface area (TPSA) is 18.5 Å². The van der Waals surface area contributed by atoms with Crippen molar-refractivity contribution in [2.24, 2.45) is 0 Å². The first-order valence-electron chi connectivity index (χ1n) is 2.39. The number of hydrogen-bond acceptors (Lipinski definition) is 2. The van der Waals surface area contributed by atoms with Gasteiger partial charge >= 0.3 is 0 Å². The molecule has 1 fully saturated rings. The molecule has 1 aliphatic heterocycles. The SMILES string of the molecule is CP1OCCCO1. The van der Waals surface area contributed by atoms with E-state index in [1.54, 1.807) is 0 Å². The lowest BCUT2D eigenvalue weighted by molar-refractivity contribution is 0.185. The molecular weight excluding hydrogens is 111 g/mol. The molecule has 2 nitrogen and oxygen atoms in total. The van der Waals surface area contributed by atoms with Crippen molar-refractivity contribution in [2.75, 3.05) is 19.9 Å². The van der Waals surface area contributed by atoms with Gasteiger partial charge in [0, 0.05) is 6.66 Å². The van der Waals surface area contributed by atoms with Gasteiger partial charge in [0.05, 0.1) is 13.2 Å². The van der Waals surface area contributed by atoms with Crippen LogP contribution in [-0.2, 0) is 9.05 Å². The summed E-state index contributed by atoms with van der Waals surface area (Å²) in [5.74, 6) is 0. The fourth-order valence-corrected chi connectivity index (χ4v) is 1.33. The summed E-state index contributed by atoms with van der Waals surface area (Å²) in [6.45, 7) is 3.76. The Kier molecular flexibility index (Phi) is 2.04. The van der Waals surface area contributed by atoms with Gasteiger partial charge in [-0.05, 0) is 6.42 Å². The summed E-state index contributed by atoms with van der Waals surface area (Å²) in [5, 5.41) is 0. The highest BCUT2D eigenvalue weighted by Crippen LogP contribution is 2.36. The smallest absolute Gasteiger partial charge is 0.167 e. The zero-order chi connectivity index (χ0) is 5.11. The van der Waals surface area contributed by atoms with E-state index in [1.165, 1.54) is 0 Å². The molecule has 0 atom stereocenters. The Morgan fingerprint density at radius 3 is 2.14 bits per heavy atom. The molecule has 0 aromatic carbocycles. The highest BCUT2D eigenvalue weighted by atomic mass is 31.2. The molecule has 0 spiro atoms. The predicted octanol–water partition coefficient (Wildman–Crippen LogP) is 1.36. The third-order valence-electron chi connectivity index (χ3n) is 0.835. The van der Waals surface area contributed by atoms with Gasteiger partial charge in [-0.1, -0.05) is 0 Å². The normalized spacial score (nSPS) is 25.3. The second kappa shape index (κ2) is 2.61. The van der Waals surface area contributed by atoms with Gasteiger partial charge in [0.25, 0.3) is 0 Å². The van der Waals surface area contributed by atoms with Crippen molar-refractivity contribution in [3.8, 4) is 0 Å². The average Bonchev–Trinajstić information content (AvgIpc) is 1.69. The zero-order valence-electron chi connectivity index (χ0n) is 4.39. The van der Waals surface area contributed by atoms with Crippen LogP contribution in [0.1, 0.15) is 6.42 Å². The first-order valence-corrected chi connectivity index (χ1v) is 4.01. The van der Waals surface area contributed by atoms with E-state index in [0.717, 1.165) is 19.6 Å². The van der Waals surface area contributed by atoms with E-state index < -0.39 is 8.38 Å². The molecule has 0 aliphatic carbocycles. The molecule has 1 heterocycles. The molecule has 0 N–H and O–H groups in total. The van der Waals surface area contributed by atoms with Crippen molar-refractivity contribution in [3.05, 3.63) is 0 Å². The molecule has 0 aromatic heterocycles. The monoisotopic (exact) mass is 120 g/mol. The van der Waals surface area contributed by atoms with Crippen LogP contribution in [0.25, 0.3) is 0 Å². The lowest BCUT2D eigenvalue weighted by Crippen LogP contribution is -2.03. The molecule has 1 saturated heterocycles. The standard InChI is InChI=1S/C4H9O2P/c1-7-5-3-2-4-6-7/h2-4H2,1H3. The average molecular weight is 120 g/mol. The van der Waals surface area contributed by atoms with Crippen molar-refractivity contribution in [1.82, 2.24) is 0 Å². The first-order chi connectivity index (χ1) is 3.39. The number of hydrogen-bond donors (Lipinski definition) is 0. The fraction of sp³-hybridized carbons (Fsp3) is 1.00. The van der Waals surface area contributed by atoms with Crippen LogP contribution in [0, 0.1) is 0 Å². The van der Waals surface area contributed by atoms with Crippen LogP contribution in [0.2, 0.25) is 0 Å². The lowest BCUT2D eigenvalue weighted by atomic mass is 10.5. The van der Waals surface area contributed by atoms with Gasteiger partial charge in [-0.15, -0.1) is 0 Å². The quantitative estimate of drug-likeness (QED) is 0.449. The van der Waals surface area contributed by atoms with Crippen molar-refractivity contribution in [3.63, 3.8) is 0 Å². The van der Waals surface area contributed by atoms with Gasteiger partial charge < -0.3 is 9.05 Å². The minimum Gasteiger partial charge on any atom is -0.334 e. The zero-order valence-corrected chi connectivity index (χ0v) is 5.28. The maximum atomic E-state index is 5.12. The Labute approximate surface area is 44.7 Å². The Morgan fingerprint density at radius 1 is 1.29 bits per heavy atom. The second-order valence-corrected chi connectivity index (χ2v) is 2.86. The molecule has 0 saturated carbocycles. The van der Waals surface area contributed by atoms with E-state index in [9.17, 15) is 0 Å². The molecular formula is C4H9O2P. The molecule has 7 heavy (non-hydrogen) atoms. The summed E-state index contributed by atoms with van der Waals surface area (Å²) in [6.07, 6.45) is 1.06. The van der Waals surface area contributed by atoms with Gasteiger partial charge in [0.15, 0.2) is 8.38 Å². The van der Waals surface area contributed by atoms with Crippen LogP contribution in [0.4, 0.5) is 0 Å². The second-order valence-electron chi connectivity index (χ2n) is 1.46. The van der Waals surface area contributed by atoms with Crippen LogP contribution in [0.5, 0.6) is 0 Å². The Morgan fingerprint density at radius 2 is 1.86 bits per heavy atom. The van der Waals surface area contributed by atoms with Crippen LogP contribution < -0.4 is 0 Å². The molecule has 0 unspecified atom stereocenters. The maximum absolute atomic E-state index is 5.12. The molecule has 0 amide bonds. The molecule has 0 aromatic rings. The van der Waals surface area contributed by atoms with Gasteiger partial charge in [0.2, 0.25) is 0 Å². The summed E-state index contributed by atoms with van der Waals surface area (Å²) < 4.78 is 10.2. The minimum absolute atomic E-state index is 0.492. The van der Waals surface area contributed by atoms with E-state index in [-0.39, 0.29) is 0 Å². The van der Waals surface area contributed by atoms with Crippen LogP contribution in [0.3, 0.4) is 0 Å². The molecule has 1 rings (SSSR count). The summed E-state index contributed by atoms with van der Waals surface area (Å²) in [6, 6.07) is 0. The van der Waals surface area contributed by atoms with E-state index in [1.807, 2.05) is 6.66 Å². The molecule has 1 aliphatic rings.